The summed E-state index contributed by atoms with van der Waals surface area (Å²) in [7, 11) is 0. The van der Waals surface area contributed by atoms with Crippen molar-refractivity contribution in [3.63, 3.8) is 0 Å². The third kappa shape index (κ3) is 13.4. The fourth-order valence-electron chi connectivity index (χ4n) is 5.25. The highest BCUT2D eigenvalue weighted by Gasteiger charge is 2.43. The van der Waals surface area contributed by atoms with Gasteiger partial charge >= 0.3 is 12.2 Å². The third-order valence-electron chi connectivity index (χ3n) is 7.80. The molecule has 4 heterocycles. The van der Waals surface area contributed by atoms with Crippen molar-refractivity contribution in [2.45, 2.75) is 122 Å². The van der Waals surface area contributed by atoms with Gasteiger partial charge in [0.05, 0.1) is 18.3 Å². The van der Waals surface area contributed by atoms with Crippen LogP contribution in [0.4, 0.5) is 9.59 Å². The number of Topliss-reactive ketones (excluding diaryl/α,β-unsaturated/α-hetero) is 1. The average molecular weight is 610 g/mol. The summed E-state index contributed by atoms with van der Waals surface area (Å²) in [6.07, 6.45) is 4.61. The maximum atomic E-state index is 12.1. The molecule has 43 heavy (non-hydrogen) atoms. The first kappa shape index (κ1) is 36.7. The van der Waals surface area contributed by atoms with E-state index in [1.807, 2.05) is 41.5 Å². The summed E-state index contributed by atoms with van der Waals surface area (Å²) in [5.41, 5.74) is -1.46. The van der Waals surface area contributed by atoms with Gasteiger partial charge < -0.3 is 34.8 Å². The van der Waals surface area contributed by atoms with Gasteiger partial charge in [0.1, 0.15) is 22.5 Å². The van der Waals surface area contributed by atoms with Crippen molar-refractivity contribution in [2.75, 3.05) is 52.4 Å². The van der Waals surface area contributed by atoms with Crippen LogP contribution in [0.3, 0.4) is 0 Å². The zero-order chi connectivity index (χ0) is 32.3. The van der Waals surface area contributed by atoms with Crippen LogP contribution in [-0.4, -0.2) is 124 Å². The van der Waals surface area contributed by atoms with Crippen LogP contribution >= 0.6 is 0 Å². The van der Waals surface area contributed by atoms with E-state index < -0.39 is 16.7 Å². The number of likely N-dealkylation sites (tertiary alicyclic amines) is 3. The molecule has 3 N–H and O–H groups in total. The first-order chi connectivity index (χ1) is 20.0. The molecule has 0 atom stereocenters. The Morgan fingerprint density at radius 1 is 0.791 bits per heavy atom. The maximum Gasteiger partial charge on any atom is 0.410 e. The van der Waals surface area contributed by atoms with Crippen LogP contribution < -0.4 is 5.32 Å². The Labute approximate surface area is 257 Å². The van der Waals surface area contributed by atoms with E-state index >= 15 is 0 Å². The number of piperidine rings is 4. The topological polar surface area (TPSA) is 156 Å². The molecule has 0 bridgehead atoms. The van der Waals surface area contributed by atoms with E-state index in [-0.39, 0.29) is 30.2 Å². The summed E-state index contributed by atoms with van der Waals surface area (Å²) in [6, 6.07) is 2.48. The van der Waals surface area contributed by atoms with Crippen LogP contribution in [0.25, 0.3) is 0 Å². The van der Waals surface area contributed by atoms with Gasteiger partial charge in [0.2, 0.25) is 0 Å². The van der Waals surface area contributed by atoms with Gasteiger partial charge in [0.15, 0.2) is 0 Å². The molecule has 12 heteroatoms. The van der Waals surface area contributed by atoms with Gasteiger partial charge in [0.25, 0.3) is 0 Å². The highest BCUT2D eigenvalue weighted by molar-refractivity contribution is 5.81. The lowest BCUT2D eigenvalue weighted by atomic mass is 9.85. The zero-order valence-electron chi connectivity index (χ0n) is 27.2. The van der Waals surface area contributed by atoms with Crippen LogP contribution in [0, 0.1) is 11.3 Å². The average Bonchev–Trinajstić information content (AvgIpc) is 2.93. The summed E-state index contributed by atoms with van der Waals surface area (Å²) in [5.74, 6) is 0.227. The molecule has 0 saturated carbocycles. The van der Waals surface area contributed by atoms with Crippen LogP contribution in [0.15, 0.2) is 0 Å². The summed E-state index contributed by atoms with van der Waals surface area (Å²) in [5, 5.41) is 31.3. The molecule has 4 saturated heterocycles. The lowest BCUT2D eigenvalue weighted by Crippen LogP contribution is -2.58. The molecule has 0 radical (unpaired) electrons. The molecule has 4 rings (SSSR count). The highest BCUT2D eigenvalue weighted by atomic mass is 16.6. The van der Waals surface area contributed by atoms with E-state index in [0.717, 1.165) is 51.9 Å². The second-order valence-electron chi connectivity index (χ2n) is 13.8. The minimum absolute atomic E-state index is 0.0266. The molecule has 4 fully saturated rings. The minimum atomic E-state index is -0.501. The van der Waals surface area contributed by atoms with E-state index in [4.69, 9.17) is 14.6 Å². The predicted molar refractivity (Wildman–Crippen MR) is 162 cm³/mol. The van der Waals surface area contributed by atoms with Crippen molar-refractivity contribution < 1.29 is 34.1 Å². The number of nitriles is 1. The molecular formula is C31H55N5O7. The number of carbonyl (C=O) groups excluding carboxylic acids is 3. The van der Waals surface area contributed by atoms with E-state index in [2.05, 4.69) is 16.3 Å². The number of hydrogen-bond acceptors (Lipinski definition) is 10. The lowest BCUT2D eigenvalue weighted by molar-refractivity contribution is -0.121. The molecule has 4 aliphatic rings. The van der Waals surface area contributed by atoms with Gasteiger partial charge in [-0.25, -0.2) is 9.59 Å². The second-order valence-corrected chi connectivity index (χ2v) is 13.8. The maximum absolute atomic E-state index is 12.1. The van der Waals surface area contributed by atoms with E-state index in [1.54, 1.807) is 9.80 Å². The Bertz CT molecular complexity index is 924. The summed E-state index contributed by atoms with van der Waals surface area (Å²) >= 11 is 0. The van der Waals surface area contributed by atoms with Crippen molar-refractivity contribution in [1.29, 1.82) is 5.26 Å². The van der Waals surface area contributed by atoms with Crippen LogP contribution in [0.1, 0.15) is 92.9 Å². The largest absolute Gasteiger partial charge is 0.444 e. The van der Waals surface area contributed by atoms with Crippen LogP contribution in [0.2, 0.25) is 0 Å². The van der Waals surface area contributed by atoms with Gasteiger partial charge in [0, 0.05) is 52.1 Å². The van der Waals surface area contributed by atoms with Gasteiger partial charge in [-0.15, -0.1) is 0 Å². The Morgan fingerprint density at radius 3 is 1.58 bits per heavy atom. The van der Waals surface area contributed by atoms with Crippen LogP contribution in [-0.2, 0) is 14.3 Å². The highest BCUT2D eigenvalue weighted by Crippen LogP contribution is 2.31. The Morgan fingerprint density at radius 2 is 1.21 bits per heavy atom. The Hall–Kier alpha value is -2.46. The number of carbonyl (C=O) groups is 3. The summed E-state index contributed by atoms with van der Waals surface area (Å²) < 4.78 is 10.6. The molecule has 0 spiro atoms. The SMILES string of the molecule is CC(C)(C)OC(=O)N1CCC(=O)CC1.CC(C)(C)OC(=O)N1CCC(C#N)(N2CCC(O)CC2)CC1.OC1CCNCC1. The Kier molecular flexibility index (Phi) is 14.2. The fraction of sp³-hybridized carbons (Fsp3) is 0.871. The third-order valence-corrected chi connectivity index (χ3v) is 7.80. The molecule has 4 aliphatic heterocycles. The van der Waals surface area contributed by atoms with Crippen LogP contribution in [0.5, 0.6) is 0 Å². The minimum Gasteiger partial charge on any atom is -0.444 e. The molecular weight excluding hydrogens is 554 g/mol. The number of rotatable bonds is 1. The van der Waals surface area contributed by atoms with Crippen molar-refractivity contribution in [3.8, 4) is 6.07 Å². The molecule has 0 aromatic carbocycles. The number of ketones is 1. The quantitative estimate of drug-likeness (QED) is 0.404. The molecule has 0 unspecified atom stereocenters. The van der Waals surface area contributed by atoms with E-state index in [9.17, 15) is 24.8 Å². The lowest BCUT2D eigenvalue weighted by Gasteiger charge is -2.46. The van der Waals surface area contributed by atoms with Crippen molar-refractivity contribution in [2.24, 2.45) is 0 Å². The standard InChI is InChI=1S/C16H27N3O3.C10H17NO3.C5H11NO/c1-15(2,3)22-14(21)18-10-6-16(12-17,7-11-18)19-8-4-13(20)5-9-19;1-10(2,3)14-9(13)11-6-4-8(12)5-7-11;7-5-1-3-6-4-2-5/h13,20H,4-11H2,1-3H3;4-7H2,1-3H3;5-7H,1-4H2. The molecule has 12 nitrogen and oxygen atoms in total. The van der Waals surface area contributed by atoms with Gasteiger partial charge in [-0.3, -0.25) is 9.69 Å². The first-order valence-electron chi connectivity index (χ1n) is 15.7. The molecule has 2 amide bonds. The fourth-order valence-corrected chi connectivity index (χ4v) is 5.25. The first-order valence-corrected chi connectivity index (χ1v) is 15.7. The molecule has 0 aliphatic carbocycles. The number of aliphatic hydroxyl groups excluding tert-OH is 2. The summed E-state index contributed by atoms with van der Waals surface area (Å²) in [6.45, 7) is 16.6. The second kappa shape index (κ2) is 16.6. The zero-order valence-corrected chi connectivity index (χ0v) is 27.2. The molecule has 0 aromatic heterocycles. The number of hydrogen-bond donors (Lipinski definition) is 3. The number of nitrogens with zero attached hydrogens (tertiary/aromatic N) is 4. The molecule has 0 aromatic rings. The Balaban J connectivity index is 0.000000260. The van der Waals surface area contributed by atoms with E-state index in [1.165, 1.54) is 0 Å². The normalized spacial score (nSPS) is 22.3. The van der Waals surface area contributed by atoms with Gasteiger partial charge in [-0.1, -0.05) is 0 Å². The van der Waals surface area contributed by atoms with Gasteiger partial charge in [-0.05, 0) is 93.2 Å². The number of nitrogens with one attached hydrogen (secondary N) is 1. The number of amides is 2. The molecule has 246 valence electrons. The van der Waals surface area contributed by atoms with Crippen molar-refractivity contribution in [3.05, 3.63) is 0 Å². The summed E-state index contributed by atoms with van der Waals surface area (Å²) in [4.78, 5) is 40.0. The van der Waals surface area contributed by atoms with Crippen molar-refractivity contribution >= 4 is 18.0 Å². The predicted octanol–water partition coefficient (Wildman–Crippen LogP) is 3.05. The van der Waals surface area contributed by atoms with E-state index in [0.29, 0.717) is 51.9 Å². The van der Waals surface area contributed by atoms with Crippen molar-refractivity contribution in [1.82, 2.24) is 20.0 Å². The van der Waals surface area contributed by atoms with Gasteiger partial charge in [-0.2, -0.15) is 5.26 Å². The number of ether oxygens (including phenoxy) is 2. The number of aliphatic hydroxyl groups is 2. The monoisotopic (exact) mass is 609 g/mol. The smallest absolute Gasteiger partial charge is 0.410 e.